The molecule has 0 aromatic heterocycles. The normalized spacial score (nSPS) is 18.0. The van der Waals surface area contributed by atoms with Gasteiger partial charge in [0.25, 0.3) is 0 Å². The van der Waals surface area contributed by atoms with Crippen LogP contribution in [0, 0.1) is 0 Å². The standard InChI is InChI=1S/C20H23ClN2O4S/c21-17-8-10-18(11-9-17)28(26,27)23(19-3-1-2-12-22-20(19)25)13-15-4-6-16(14-24)7-5-15/h4-11,19,24H,1-3,12-14H2,(H,22,25)/t19-/m1/s1. The Morgan fingerprint density at radius 3 is 2.32 bits per heavy atom. The third-order valence-electron chi connectivity index (χ3n) is 4.82. The summed E-state index contributed by atoms with van der Waals surface area (Å²) in [5.41, 5.74) is 1.48. The summed E-state index contributed by atoms with van der Waals surface area (Å²) in [7, 11) is -3.92. The van der Waals surface area contributed by atoms with E-state index in [0.29, 0.717) is 18.0 Å². The van der Waals surface area contributed by atoms with E-state index in [1.807, 2.05) is 0 Å². The molecule has 0 saturated carbocycles. The number of benzene rings is 2. The molecule has 1 fully saturated rings. The van der Waals surface area contributed by atoms with E-state index in [-0.39, 0.29) is 24.0 Å². The maximum Gasteiger partial charge on any atom is 0.244 e. The molecule has 0 unspecified atom stereocenters. The third kappa shape index (κ3) is 4.72. The molecule has 2 aromatic rings. The summed E-state index contributed by atoms with van der Waals surface area (Å²) in [6.07, 6.45) is 2.05. The molecule has 2 aromatic carbocycles. The van der Waals surface area contributed by atoms with Crippen molar-refractivity contribution in [1.29, 1.82) is 0 Å². The fraction of sp³-hybridized carbons (Fsp3) is 0.350. The molecule has 2 N–H and O–H groups in total. The van der Waals surface area contributed by atoms with E-state index >= 15 is 0 Å². The van der Waals surface area contributed by atoms with E-state index in [1.54, 1.807) is 24.3 Å². The smallest absolute Gasteiger partial charge is 0.244 e. The van der Waals surface area contributed by atoms with E-state index < -0.39 is 16.1 Å². The lowest BCUT2D eigenvalue weighted by Gasteiger charge is -2.29. The molecule has 28 heavy (non-hydrogen) atoms. The number of amides is 1. The molecule has 3 rings (SSSR count). The van der Waals surface area contributed by atoms with Crippen LogP contribution >= 0.6 is 11.6 Å². The van der Waals surface area contributed by atoms with Crippen molar-refractivity contribution < 1.29 is 18.3 Å². The van der Waals surface area contributed by atoms with Crippen molar-refractivity contribution in [3.63, 3.8) is 0 Å². The largest absolute Gasteiger partial charge is 0.392 e. The lowest BCUT2D eigenvalue weighted by Crippen LogP contribution is -2.48. The molecule has 1 amide bonds. The van der Waals surface area contributed by atoms with E-state index in [2.05, 4.69) is 5.32 Å². The summed E-state index contributed by atoms with van der Waals surface area (Å²) >= 11 is 5.90. The number of nitrogens with one attached hydrogen (secondary N) is 1. The number of nitrogens with zero attached hydrogens (tertiary/aromatic N) is 1. The van der Waals surface area contributed by atoms with Gasteiger partial charge in [-0.3, -0.25) is 4.79 Å². The topological polar surface area (TPSA) is 86.7 Å². The SMILES string of the molecule is O=C1NCCCC[C@H]1N(Cc1ccc(CO)cc1)S(=O)(=O)c1ccc(Cl)cc1. The van der Waals surface area contributed by atoms with Crippen molar-refractivity contribution in [3.8, 4) is 0 Å². The van der Waals surface area contributed by atoms with Crippen LogP contribution in [-0.2, 0) is 28.0 Å². The molecule has 1 atom stereocenters. The summed E-state index contributed by atoms with van der Waals surface area (Å²) in [6.45, 7) is 0.530. The molecule has 1 saturated heterocycles. The zero-order valence-corrected chi connectivity index (χ0v) is 16.9. The second kappa shape index (κ2) is 9.05. The highest BCUT2D eigenvalue weighted by atomic mass is 35.5. The Morgan fingerprint density at radius 1 is 1.04 bits per heavy atom. The summed E-state index contributed by atoms with van der Waals surface area (Å²) in [6, 6.07) is 12.2. The second-order valence-electron chi connectivity index (χ2n) is 6.78. The molecule has 6 nitrogen and oxygen atoms in total. The van der Waals surface area contributed by atoms with Crippen LogP contribution in [0.2, 0.25) is 5.02 Å². The molecule has 1 heterocycles. The Kier molecular flexibility index (Phi) is 6.72. The fourth-order valence-electron chi connectivity index (χ4n) is 3.23. The maximum absolute atomic E-state index is 13.4. The average molecular weight is 423 g/mol. The molecule has 0 spiro atoms. The second-order valence-corrected chi connectivity index (χ2v) is 9.11. The minimum absolute atomic E-state index is 0.0642. The van der Waals surface area contributed by atoms with Gasteiger partial charge in [-0.25, -0.2) is 8.42 Å². The van der Waals surface area contributed by atoms with E-state index in [9.17, 15) is 18.3 Å². The Hall–Kier alpha value is -1.93. The van der Waals surface area contributed by atoms with Crippen LogP contribution in [0.1, 0.15) is 30.4 Å². The van der Waals surface area contributed by atoms with Gasteiger partial charge in [-0.05, 0) is 54.7 Å². The van der Waals surface area contributed by atoms with Crippen molar-refractivity contribution in [1.82, 2.24) is 9.62 Å². The number of hydrogen-bond acceptors (Lipinski definition) is 4. The van der Waals surface area contributed by atoms with E-state index in [0.717, 1.165) is 24.0 Å². The van der Waals surface area contributed by atoms with Gasteiger partial charge in [0.15, 0.2) is 0 Å². The molecular formula is C20H23ClN2O4S. The van der Waals surface area contributed by atoms with Gasteiger partial charge in [-0.15, -0.1) is 0 Å². The number of carbonyl (C=O) groups is 1. The first-order valence-corrected chi connectivity index (χ1v) is 11.0. The molecule has 0 aliphatic carbocycles. The summed E-state index contributed by atoms with van der Waals surface area (Å²) < 4.78 is 28.1. The van der Waals surface area contributed by atoms with E-state index in [1.165, 1.54) is 28.6 Å². The molecular weight excluding hydrogens is 400 g/mol. The summed E-state index contributed by atoms with van der Waals surface area (Å²) in [5, 5.41) is 12.5. The zero-order chi connectivity index (χ0) is 20.1. The highest BCUT2D eigenvalue weighted by Crippen LogP contribution is 2.26. The van der Waals surface area contributed by atoms with Crippen LogP contribution in [0.15, 0.2) is 53.4 Å². The molecule has 1 aliphatic heterocycles. The van der Waals surface area contributed by atoms with Crippen LogP contribution < -0.4 is 5.32 Å². The molecule has 0 bridgehead atoms. The van der Waals surface area contributed by atoms with Gasteiger partial charge < -0.3 is 10.4 Å². The number of rotatable bonds is 6. The van der Waals surface area contributed by atoms with Crippen molar-refractivity contribution >= 4 is 27.5 Å². The number of carbonyl (C=O) groups excluding carboxylic acids is 1. The quantitative estimate of drug-likeness (QED) is 0.749. The number of aliphatic hydroxyl groups is 1. The zero-order valence-electron chi connectivity index (χ0n) is 15.3. The van der Waals surface area contributed by atoms with Crippen LogP contribution in [0.4, 0.5) is 0 Å². The average Bonchev–Trinajstić information content (AvgIpc) is 2.91. The fourth-order valence-corrected chi connectivity index (χ4v) is 4.96. The first kappa shape index (κ1) is 20.8. The van der Waals surface area contributed by atoms with Crippen molar-refractivity contribution in [2.75, 3.05) is 6.54 Å². The third-order valence-corrected chi connectivity index (χ3v) is 6.94. The van der Waals surface area contributed by atoms with Crippen LogP contribution in [-0.4, -0.2) is 36.3 Å². The molecule has 150 valence electrons. The lowest BCUT2D eigenvalue weighted by molar-refractivity contribution is -0.124. The summed E-state index contributed by atoms with van der Waals surface area (Å²) in [5.74, 6) is -0.276. The van der Waals surface area contributed by atoms with Crippen molar-refractivity contribution in [2.45, 2.75) is 43.4 Å². The number of hydrogen-bond donors (Lipinski definition) is 2. The first-order chi connectivity index (χ1) is 13.4. The highest BCUT2D eigenvalue weighted by Gasteiger charge is 2.36. The van der Waals surface area contributed by atoms with Gasteiger partial charge in [-0.1, -0.05) is 35.9 Å². The van der Waals surface area contributed by atoms with Gasteiger partial charge in [0.1, 0.15) is 6.04 Å². The minimum atomic E-state index is -3.92. The summed E-state index contributed by atoms with van der Waals surface area (Å²) in [4.78, 5) is 12.7. The van der Waals surface area contributed by atoms with Gasteiger partial charge in [-0.2, -0.15) is 4.31 Å². The number of aliphatic hydroxyl groups excluding tert-OH is 1. The van der Waals surface area contributed by atoms with E-state index in [4.69, 9.17) is 11.6 Å². The number of halogens is 1. The Labute approximate surface area is 170 Å². The van der Waals surface area contributed by atoms with Gasteiger partial charge in [0.2, 0.25) is 15.9 Å². The van der Waals surface area contributed by atoms with Crippen LogP contribution in [0.25, 0.3) is 0 Å². The Morgan fingerprint density at radius 2 is 1.68 bits per heavy atom. The predicted octanol–water partition coefficient (Wildman–Crippen LogP) is 2.69. The van der Waals surface area contributed by atoms with Crippen molar-refractivity contribution in [2.24, 2.45) is 0 Å². The van der Waals surface area contributed by atoms with Crippen LogP contribution in [0.5, 0.6) is 0 Å². The van der Waals surface area contributed by atoms with Crippen molar-refractivity contribution in [3.05, 3.63) is 64.7 Å². The first-order valence-electron chi connectivity index (χ1n) is 9.15. The molecule has 0 radical (unpaired) electrons. The van der Waals surface area contributed by atoms with Crippen LogP contribution in [0.3, 0.4) is 0 Å². The molecule has 8 heteroatoms. The van der Waals surface area contributed by atoms with Gasteiger partial charge >= 0.3 is 0 Å². The minimum Gasteiger partial charge on any atom is -0.392 e. The Bertz CT molecular complexity index is 914. The lowest BCUT2D eigenvalue weighted by atomic mass is 10.1. The Balaban J connectivity index is 1.99. The number of sulfonamides is 1. The highest BCUT2D eigenvalue weighted by molar-refractivity contribution is 7.89. The van der Waals surface area contributed by atoms with Gasteiger partial charge in [0.05, 0.1) is 11.5 Å². The van der Waals surface area contributed by atoms with Gasteiger partial charge in [0, 0.05) is 18.1 Å². The predicted molar refractivity (Wildman–Crippen MR) is 107 cm³/mol. The molecule has 1 aliphatic rings. The maximum atomic E-state index is 13.4. The monoisotopic (exact) mass is 422 g/mol.